The Balaban J connectivity index is 1.79. The van der Waals surface area contributed by atoms with Crippen LogP contribution in [0.15, 0.2) is 36.7 Å². The lowest BCUT2D eigenvalue weighted by Crippen LogP contribution is -2.39. The summed E-state index contributed by atoms with van der Waals surface area (Å²) in [5.41, 5.74) is 3.30. The molecule has 1 aromatic heterocycles. The highest BCUT2D eigenvalue weighted by Crippen LogP contribution is 2.26. The van der Waals surface area contributed by atoms with E-state index in [9.17, 15) is 4.79 Å². The average molecular weight is 344 g/mol. The smallest absolute Gasteiger partial charge is 0.255 e. The quantitative estimate of drug-likeness (QED) is 0.881. The largest absolute Gasteiger partial charge is 0.354 e. The summed E-state index contributed by atoms with van der Waals surface area (Å²) in [5.74, 6) is 0.617. The van der Waals surface area contributed by atoms with E-state index in [1.807, 2.05) is 36.1 Å². The van der Waals surface area contributed by atoms with Gasteiger partial charge in [-0.1, -0.05) is 24.6 Å². The second-order valence-electron chi connectivity index (χ2n) is 6.50. The van der Waals surface area contributed by atoms with E-state index in [-0.39, 0.29) is 5.91 Å². The van der Waals surface area contributed by atoms with Crippen LogP contribution in [0.25, 0.3) is 0 Å². The molecule has 0 bridgehead atoms. The van der Waals surface area contributed by atoms with Crippen LogP contribution in [0.4, 0.5) is 11.4 Å². The van der Waals surface area contributed by atoms with Crippen LogP contribution in [0, 0.1) is 12.8 Å². The molecule has 1 aliphatic rings. The van der Waals surface area contributed by atoms with E-state index >= 15 is 0 Å². The Morgan fingerprint density at radius 3 is 3.00 bits per heavy atom. The molecular formula is C19H22ClN3O. The molecule has 2 heterocycles. The molecule has 1 amide bonds. The van der Waals surface area contributed by atoms with Crippen molar-refractivity contribution in [2.24, 2.45) is 5.92 Å². The minimum Gasteiger partial charge on any atom is -0.354 e. The van der Waals surface area contributed by atoms with Crippen molar-refractivity contribution in [3.05, 3.63) is 52.8 Å². The molecule has 1 N–H and O–H groups in total. The van der Waals surface area contributed by atoms with Crippen molar-refractivity contribution in [1.82, 2.24) is 9.88 Å². The summed E-state index contributed by atoms with van der Waals surface area (Å²) < 4.78 is 0. The third kappa shape index (κ3) is 3.70. The third-order valence-electron chi connectivity index (χ3n) is 4.48. The second-order valence-corrected chi connectivity index (χ2v) is 6.91. The summed E-state index contributed by atoms with van der Waals surface area (Å²) in [4.78, 5) is 18.9. The van der Waals surface area contributed by atoms with Crippen LogP contribution in [0.2, 0.25) is 5.02 Å². The summed E-state index contributed by atoms with van der Waals surface area (Å²) in [6.45, 7) is 5.80. The van der Waals surface area contributed by atoms with Gasteiger partial charge in [0.1, 0.15) is 0 Å². The van der Waals surface area contributed by atoms with E-state index < -0.39 is 0 Å². The lowest BCUT2D eigenvalue weighted by Gasteiger charge is -2.31. The monoisotopic (exact) mass is 343 g/mol. The van der Waals surface area contributed by atoms with Crippen LogP contribution in [-0.4, -0.2) is 28.9 Å². The van der Waals surface area contributed by atoms with E-state index in [4.69, 9.17) is 11.6 Å². The van der Waals surface area contributed by atoms with Crippen molar-refractivity contribution < 1.29 is 4.79 Å². The molecule has 0 aliphatic carbocycles. The third-order valence-corrected chi connectivity index (χ3v) is 4.89. The van der Waals surface area contributed by atoms with Gasteiger partial charge in [0.15, 0.2) is 0 Å². The topological polar surface area (TPSA) is 45.2 Å². The molecule has 1 aromatic carbocycles. The lowest BCUT2D eigenvalue weighted by molar-refractivity contribution is 0.0682. The van der Waals surface area contributed by atoms with Crippen LogP contribution in [-0.2, 0) is 0 Å². The Labute approximate surface area is 147 Å². The van der Waals surface area contributed by atoms with Crippen molar-refractivity contribution in [2.75, 3.05) is 18.4 Å². The molecule has 0 spiro atoms. The molecule has 4 nitrogen and oxygen atoms in total. The number of carbonyl (C=O) groups is 1. The number of carbonyl (C=O) groups excluding carboxylic acids is 1. The highest BCUT2D eigenvalue weighted by molar-refractivity contribution is 6.31. The van der Waals surface area contributed by atoms with Crippen molar-refractivity contribution in [3.63, 3.8) is 0 Å². The number of anilines is 2. The first-order valence-corrected chi connectivity index (χ1v) is 8.69. The van der Waals surface area contributed by atoms with Gasteiger partial charge in [0.05, 0.1) is 17.4 Å². The maximum absolute atomic E-state index is 12.7. The Morgan fingerprint density at radius 1 is 1.38 bits per heavy atom. The number of halogens is 1. The lowest BCUT2D eigenvalue weighted by atomic mass is 10.00. The molecule has 5 heteroatoms. The fourth-order valence-corrected chi connectivity index (χ4v) is 3.25. The summed E-state index contributed by atoms with van der Waals surface area (Å²) in [6, 6.07) is 7.57. The van der Waals surface area contributed by atoms with E-state index in [1.165, 1.54) is 6.42 Å². The number of amides is 1. The van der Waals surface area contributed by atoms with Crippen LogP contribution in [0.5, 0.6) is 0 Å². The zero-order valence-electron chi connectivity index (χ0n) is 14.1. The van der Waals surface area contributed by atoms with E-state index in [0.29, 0.717) is 16.5 Å². The minimum absolute atomic E-state index is 0.0560. The predicted octanol–water partition coefficient (Wildman–Crippen LogP) is 4.66. The highest BCUT2D eigenvalue weighted by Gasteiger charge is 2.22. The van der Waals surface area contributed by atoms with Gasteiger partial charge in [0, 0.05) is 30.0 Å². The maximum atomic E-state index is 12.7. The maximum Gasteiger partial charge on any atom is 0.255 e. The van der Waals surface area contributed by atoms with Gasteiger partial charge in [-0.05, 0) is 49.4 Å². The first kappa shape index (κ1) is 16.8. The van der Waals surface area contributed by atoms with Gasteiger partial charge in [-0.15, -0.1) is 0 Å². The molecule has 1 atom stereocenters. The van der Waals surface area contributed by atoms with Crippen LogP contribution >= 0.6 is 11.6 Å². The van der Waals surface area contributed by atoms with Crippen LogP contribution in [0.3, 0.4) is 0 Å². The standard InChI is InChI=1S/C19H22ClN3O/c1-13-5-4-8-23(12-13)19(24)15-9-16(11-21-10-15)22-18-7-3-6-17(20)14(18)2/h3,6-7,9-11,13,22H,4-5,8,12H2,1-2H3. The van der Waals surface area contributed by atoms with E-state index in [1.54, 1.807) is 12.4 Å². The highest BCUT2D eigenvalue weighted by atomic mass is 35.5. The van der Waals surface area contributed by atoms with Gasteiger partial charge in [-0.3, -0.25) is 9.78 Å². The zero-order valence-corrected chi connectivity index (χ0v) is 14.8. The molecule has 0 radical (unpaired) electrons. The molecule has 3 rings (SSSR count). The van der Waals surface area contributed by atoms with Crippen molar-refractivity contribution in [2.45, 2.75) is 26.7 Å². The molecule has 2 aromatic rings. The second kappa shape index (κ2) is 7.22. The normalized spacial score (nSPS) is 17.6. The molecule has 1 unspecified atom stereocenters. The number of benzene rings is 1. The number of hydrogen-bond acceptors (Lipinski definition) is 3. The number of nitrogens with one attached hydrogen (secondary N) is 1. The van der Waals surface area contributed by atoms with Gasteiger partial charge in [-0.25, -0.2) is 0 Å². The number of rotatable bonds is 3. The first-order chi connectivity index (χ1) is 11.5. The molecule has 1 fully saturated rings. The van der Waals surface area contributed by atoms with Crippen molar-refractivity contribution >= 4 is 28.9 Å². The minimum atomic E-state index is 0.0560. The Kier molecular flexibility index (Phi) is 5.05. The summed E-state index contributed by atoms with van der Waals surface area (Å²) >= 11 is 6.16. The molecule has 1 saturated heterocycles. The van der Waals surface area contributed by atoms with E-state index in [0.717, 1.165) is 36.4 Å². The zero-order chi connectivity index (χ0) is 17.1. The fourth-order valence-electron chi connectivity index (χ4n) is 3.08. The number of nitrogens with zero attached hydrogens (tertiary/aromatic N) is 2. The fraction of sp³-hybridized carbons (Fsp3) is 0.368. The number of piperidine rings is 1. The SMILES string of the molecule is Cc1c(Cl)cccc1Nc1cncc(C(=O)N2CCCC(C)C2)c1. The number of likely N-dealkylation sites (tertiary alicyclic amines) is 1. The number of pyridine rings is 1. The number of aromatic nitrogens is 1. The Hall–Kier alpha value is -2.07. The van der Waals surface area contributed by atoms with E-state index in [2.05, 4.69) is 17.2 Å². The van der Waals surface area contributed by atoms with Gasteiger partial charge in [0.2, 0.25) is 0 Å². The van der Waals surface area contributed by atoms with Gasteiger partial charge in [-0.2, -0.15) is 0 Å². The Morgan fingerprint density at radius 2 is 2.21 bits per heavy atom. The van der Waals surface area contributed by atoms with Gasteiger partial charge < -0.3 is 10.2 Å². The molecule has 0 saturated carbocycles. The summed E-state index contributed by atoms with van der Waals surface area (Å²) in [7, 11) is 0. The molecule has 1 aliphatic heterocycles. The first-order valence-electron chi connectivity index (χ1n) is 8.31. The van der Waals surface area contributed by atoms with Crippen molar-refractivity contribution in [1.29, 1.82) is 0 Å². The molecular weight excluding hydrogens is 322 g/mol. The number of hydrogen-bond donors (Lipinski definition) is 1. The van der Waals surface area contributed by atoms with Crippen molar-refractivity contribution in [3.8, 4) is 0 Å². The van der Waals surface area contributed by atoms with Gasteiger partial charge >= 0.3 is 0 Å². The van der Waals surface area contributed by atoms with Crippen LogP contribution in [0.1, 0.15) is 35.7 Å². The van der Waals surface area contributed by atoms with Gasteiger partial charge in [0.25, 0.3) is 5.91 Å². The average Bonchev–Trinajstić information content (AvgIpc) is 2.58. The van der Waals surface area contributed by atoms with Crippen LogP contribution < -0.4 is 5.32 Å². The molecule has 24 heavy (non-hydrogen) atoms. The Bertz CT molecular complexity index is 747. The summed E-state index contributed by atoms with van der Waals surface area (Å²) in [6.07, 6.45) is 5.62. The summed E-state index contributed by atoms with van der Waals surface area (Å²) in [5, 5.41) is 4.01. The predicted molar refractivity (Wildman–Crippen MR) is 98.0 cm³/mol. The molecule has 126 valence electrons.